The molecule has 2 amide bonds. The van der Waals surface area contributed by atoms with Crippen LogP contribution in [0.15, 0.2) is 0 Å². The predicted molar refractivity (Wildman–Crippen MR) is 90.5 cm³/mol. The van der Waals surface area contributed by atoms with Crippen LogP contribution in [0.1, 0.15) is 26.2 Å². The number of fused-ring (bicyclic) bond motifs is 1. The minimum Gasteiger partial charge on any atom is -0.450 e. The smallest absolute Gasteiger partial charge is 0.409 e. The summed E-state index contributed by atoms with van der Waals surface area (Å²) in [7, 11) is 3.23. The molecule has 140 valence electrons. The largest absolute Gasteiger partial charge is 0.450 e. The van der Waals surface area contributed by atoms with Gasteiger partial charge in [0, 0.05) is 45.2 Å². The van der Waals surface area contributed by atoms with Crippen LogP contribution >= 0.6 is 0 Å². The molecule has 2 aliphatic carbocycles. The van der Waals surface area contributed by atoms with Crippen LogP contribution in [-0.2, 0) is 14.4 Å². The molecular weight excluding hydrogens is 322 g/mol. The van der Waals surface area contributed by atoms with E-state index in [1.165, 1.54) is 25.0 Å². The summed E-state index contributed by atoms with van der Waals surface area (Å²) in [6.07, 6.45) is 3.30. The zero-order chi connectivity index (χ0) is 17.8. The van der Waals surface area contributed by atoms with E-state index in [0.717, 1.165) is 32.6 Å². The molecular formula is C18H29N3O4. The molecule has 0 aromatic rings. The van der Waals surface area contributed by atoms with E-state index in [2.05, 4.69) is 4.90 Å². The maximum Gasteiger partial charge on any atom is 0.409 e. The zero-order valence-electron chi connectivity index (χ0n) is 15.4. The Kier molecular flexibility index (Phi) is 4.19. The summed E-state index contributed by atoms with van der Waals surface area (Å²) in [6, 6.07) is 0.630. The van der Waals surface area contributed by atoms with Crippen LogP contribution in [0.3, 0.4) is 0 Å². The Morgan fingerprint density at radius 1 is 1.24 bits per heavy atom. The lowest BCUT2D eigenvalue weighted by molar-refractivity contribution is -0.171. The molecule has 0 unspecified atom stereocenters. The quantitative estimate of drug-likeness (QED) is 0.712. The van der Waals surface area contributed by atoms with Gasteiger partial charge in [0.25, 0.3) is 0 Å². The summed E-state index contributed by atoms with van der Waals surface area (Å²) in [4.78, 5) is 33.6. The highest BCUT2D eigenvalue weighted by Gasteiger charge is 2.62. The van der Waals surface area contributed by atoms with Crippen LogP contribution in [-0.4, -0.2) is 79.8 Å². The number of nitrogens with zero attached hydrogens (tertiary/aromatic N) is 3. The lowest BCUT2D eigenvalue weighted by Crippen LogP contribution is -2.52. The van der Waals surface area contributed by atoms with Crippen molar-refractivity contribution in [1.82, 2.24) is 14.9 Å². The van der Waals surface area contributed by atoms with Crippen LogP contribution in [0.2, 0.25) is 0 Å². The van der Waals surface area contributed by atoms with Crippen LogP contribution in [0.25, 0.3) is 0 Å². The maximum atomic E-state index is 12.2. The van der Waals surface area contributed by atoms with E-state index >= 15 is 0 Å². The van der Waals surface area contributed by atoms with Crippen molar-refractivity contribution in [2.24, 2.45) is 23.2 Å². The Morgan fingerprint density at radius 2 is 1.92 bits per heavy atom. The second-order valence-electron chi connectivity index (χ2n) is 8.26. The number of hydroxylamine groups is 2. The molecule has 4 fully saturated rings. The van der Waals surface area contributed by atoms with E-state index < -0.39 is 0 Å². The first-order valence-electron chi connectivity index (χ1n) is 9.45. The Morgan fingerprint density at radius 3 is 2.52 bits per heavy atom. The molecule has 7 nitrogen and oxygen atoms in total. The second-order valence-corrected chi connectivity index (χ2v) is 8.26. The van der Waals surface area contributed by atoms with Gasteiger partial charge in [-0.3, -0.25) is 14.5 Å². The predicted octanol–water partition coefficient (Wildman–Crippen LogP) is 1.20. The van der Waals surface area contributed by atoms with Gasteiger partial charge in [0.15, 0.2) is 0 Å². The molecule has 0 N–H and O–H groups in total. The van der Waals surface area contributed by atoms with Gasteiger partial charge >= 0.3 is 6.09 Å². The normalized spacial score (nSPS) is 39.2. The Labute approximate surface area is 149 Å². The number of piperidine rings is 1. The number of ether oxygens (including phenoxy) is 1. The number of carbonyl (C=O) groups is 2. The summed E-state index contributed by atoms with van der Waals surface area (Å²) in [6.45, 7) is 6.06. The third-order valence-corrected chi connectivity index (χ3v) is 6.91. The Balaban J connectivity index is 1.23. The molecule has 2 aliphatic heterocycles. The fraction of sp³-hybridized carbons (Fsp3) is 0.889. The maximum absolute atomic E-state index is 12.2. The van der Waals surface area contributed by atoms with Gasteiger partial charge in [-0.25, -0.2) is 9.86 Å². The van der Waals surface area contributed by atoms with Crippen molar-refractivity contribution >= 4 is 12.0 Å². The molecule has 3 atom stereocenters. The fourth-order valence-electron chi connectivity index (χ4n) is 5.36. The molecule has 2 saturated heterocycles. The van der Waals surface area contributed by atoms with Crippen molar-refractivity contribution in [3.8, 4) is 0 Å². The molecule has 25 heavy (non-hydrogen) atoms. The first-order valence-corrected chi connectivity index (χ1v) is 9.45. The SMILES string of the molecule is CCOC(=O)N1CCC2(CC(N3C[C@@H]4[C@H](C3)[C@H]4C(=O)N(C)OC)C2)C1. The molecule has 1 spiro atoms. The van der Waals surface area contributed by atoms with Gasteiger partial charge in [-0.1, -0.05) is 0 Å². The van der Waals surface area contributed by atoms with E-state index in [9.17, 15) is 9.59 Å². The number of hydrogen-bond acceptors (Lipinski definition) is 5. The van der Waals surface area contributed by atoms with Crippen LogP contribution in [0.5, 0.6) is 0 Å². The molecule has 2 heterocycles. The average molecular weight is 351 g/mol. The molecule has 0 radical (unpaired) electrons. The van der Waals surface area contributed by atoms with Crippen molar-refractivity contribution in [2.45, 2.75) is 32.2 Å². The highest BCUT2D eigenvalue weighted by Crippen LogP contribution is 2.57. The number of amides is 2. The molecule has 0 aromatic heterocycles. The lowest BCUT2D eigenvalue weighted by Gasteiger charge is -2.49. The third kappa shape index (κ3) is 2.81. The van der Waals surface area contributed by atoms with E-state index in [4.69, 9.17) is 9.57 Å². The van der Waals surface area contributed by atoms with Gasteiger partial charge in [-0.2, -0.15) is 0 Å². The van der Waals surface area contributed by atoms with E-state index in [1.807, 2.05) is 11.8 Å². The molecule has 2 saturated carbocycles. The van der Waals surface area contributed by atoms with Crippen LogP contribution < -0.4 is 0 Å². The zero-order valence-corrected chi connectivity index (χ0v) is 15.4. The standard InChI is InChI=1S/C18H29N3O4/c1-4-25-17(23)20-6-5-18(11-20)7-12(8-18)21-9-13-14(10-21)15(13)16(22)19(2)24-3/h12-15H,4-11H2,1-3H3/t12?,13-,14+,15+,18?. The van der Waals surface area contributed by atoms with Gasteiger partial charge in [-0.15, -0.1) is 0 Å². The number of rotatable bonds is 4. The summed E-state index contributed by atoms with van der Waals surface area (Å²) >= 11 is 0. The summed E-state index contributed by atoms with van der Waals surface area (Å²) < 4.78 is 5.13. The highest BCUT2D eigenvalue weighted by molar-refractivity contribution is 5.81. The Hall–Kier alpha value is -1.34. The van der Waals surface area contributed by atoms with E-state index in [0.29, 0.717) is 29.9 Å². The lowest BCUT2D eigenvalue weighted by atomic mass is 9.64. The monoisotopic (exact) mass is 351 g/mol. The average Bonchev–Trinajstić information content (AvgIpc) is 2.94. The third-order valence-electron chi connectivity index (χ3n) is 6.91. The summed E-state index contributed by atoms with van der Waals surface area (Å²) in [5, 5.41) is 1.37. The minimum atomic E-state index is -0.158. The van der Waals surface area contributed by atoms with Crippen molar-refractivity contribution < 1.29 is 19.2 Å². The van der Waals surface area contributed by atoms with E-state index in [-0.39, 0.29) is 17.9 Å². The topological polar surface area (TPSA) is 62.3 Å². The minimum absolute atomic E-state index is 0.128. The van der Waals surface area contributed by atoms with Crippen molar-refractivity contribution in [3.63, 3.8) is 0 Å². The number of carbonyl (C=O) groups excluding carboxylic acids is 2. The van der Waals surface area contributed by atoms with Gasteiger partial charge in [0.1, 0.15) is 0 Å². The van der Waals surface area contributed by atoms with E-state index in [1.54, 1.807) is 7.05 Å². The van der Waals surface area contributed by atoms with Gasteiger partial charge < -0.3 is 9.64 Å². The molecule has 0 aromatic carbocycles. The van der Waals surface area contributed by atoms with Crippen molar-refractivity contribution in [2.75, 3.05) is 46.9 Å². The molecule has 7 heteroatoms. The first kappa shape index (κ1) is 17.1. The molecule has 0 bridgehead atoms. The number of hydrogen-bond donors (Lipinski definition) is 0. The summed E-state index contributed by atoms with van der Waals surface area (Å²) in [5.74, 6) is 1.33. The van der Waals surface area contributed by atoms with Crippen molar-refractivity contribution in [3.05, 3.63) is 0 Å². The van der Waals surface area contributed by atoms with Crippen LogP contribution in [0.4, 0.5) is 4.79 Å². The van der Waals surface area contributed by atoms with Gasteiger partial charge in [0.05, 0.1) is 13.7 Å². The van der Waals surface area contributed by atoms with Gasteiger partial charge in [0.2, 0.25) is 5.91 Å². The van der Waals surface area contributed by atoms with Crippen LogP contribution in [0, 0.1) is 23.2 Å². The van der Waals surface area contributed by atoms with Gasteiger partial charge in [-0.05, 0) is 43.4 Å². The summed E-state index contributed by atoms with van der Waals surface area (Å²) in [5.41, 5.74) is 0.315. The second kappa shape index (κ2) is 6.13. The highest BCUT2D eigenvalue weighted by atomic mass is 16.7. The van der Waals surface area contributed by atoms with Crippen molar-refractivity contribution in [1.29, 1.82) is 0 Å². The first-order chi connectivity index (χ1) is 12.0. The molecule has 4 rings (SSSR count). The fourth-order valence-corrected chi connectivity index (χ4v) is 5.36. The number of likely N-dealkylation sites (tertiary alicyclic amines) is 2. The molecule has 4 aliphatic rings. The Bertz CT molecular complexity index is 551.